The number of likely N-dealkylation sites (tertiary alicyclic amines) is 1. The molecular weight excluding hydrogens is 432 g/mol. The van der Waals surface area contributed by atoms with Crippen molar-refractivity contribution in [1.29, 1.82) is 0 Å². The van der Waals surface area contributed by atoms with E-state index in [1.807, 2.05) is 49.9 Å². The maximum absolute atomic E-state index is 13.8. The number of fused-ring (bicyclic) bond motifs is 2. The van der Waals surface area contributed by atoms with Crippen molar-refractivity contribution in [3.8, 4) is 0 Å². The summed E-state index contributed by atoms with van der Waals surface area (Å²) < 4.78 is 5.54. The van der Waals surface area contributed by atoms with Crippen molar-refractivity contribution < 1.29 is 18.8 Å². The van der Waals surface area contributed by atoms with Crippen LogP contribution in [0.25, 0.3) is 11.0 Å². The average molecular weight is 469 g/mol. The molecule has 2 aromatic rings. The van der Waals surface area contributed by atoms with Gasteiger partial charge in [0.2, 0.25) is 11.8 Å². The zero-order valence-electron chi connectivity index (χ0n) is 20.7. The third-order valence-corrected chi connectivity index (χ3v) is 7.40. The van der Waals surface area contributed by atoms with Gasteiger partial charge in [-0.05, 0) is 50.6 Å². The molecule has 4 rings (SSSR count). The lowest BCUT2D eigenvalue weighted by atomic mass is 9.85. The summed E-state index contributed by atoms with van der Waals surface area (Å²) in [5.41, 5.74) is 0.732. The van der Waals surface area contributed by atoms with E-state index < -0.39 is 17.5 Å². The maximum Gasteiger partial charge on any atom is 0.255 e. The molecule has 4 unspecified atom stereocenters. The molecule has 3 N–H and O–H groups in total. The Bertz CT molecular complexity index is 1070. The van der Waals surface area contributed by atoms with E-state index in [4.69, 9.17) is 4.42 Å². The van der Waals surface area contributed by atoms with Crippen LogP contribution in [0.1, 0.15) is 57.3 Å². The molecule has 184 valence electrons. The van der Waals surface area contributed by atoms with Crippen LogP contribution in [0.2, 0.25) is 0 Å². The van der Waals surface area contributed by atoms with Crippen LogP contribution < -0.4 is 16.0 Å². The summed E-state index contributed by atoms with van der Waals surface area (Å²) in [5.74, 6) is -0.109. The molecule has 0 radical (unpaired) electrons. The minimum Gasteiger partial charge on any atom is -0.463 e. The lowest BCUT2D eigenvalue weighted by Gasteiger charge is -2.37. The first-order valence-corrected chi connectivity index (χ1v) is 12.2. The molecule has 8 nitrogen and oxygen atoms in total. The first-order valence-electron chi connectivity index (χ1n) is 12.2. The largest absolute Gasteiger partial charge is 0.463 e. The molecule has 2 aliphatic rings. The number of nitrogens with one attached hydrogen (secondary N) is 3. The highest BCUT2D eigenvalue weighted by molar-refractivity contribution is 6.06. The molecule has 34 heavy (non-hydrogen) atoms. The van der Waals surface area contributed by atoms with Crippen molar-refractivity contribution in [3.05, 3.63) is 36.1 Å². The summed E-state index contributed by atoms with van der Waals surface area (Å²) in [6, 6.07) is 6.22. The number of para-hydroxylation sites is 1. The molecule has 1 saturated carbocycles. The first-order chi connectivity index (χ1) is 16.1. The minimum atomic E-state index is -0.649. The fourth-order valence-corrected chi connectivity index (χ4v) is 5.33. The van der Waals surface area contributed by atoms with E-state index in [0.29, 0.717) is 23.6 Å². The molecule has 2 fully saturated rings. The Labute approximate surface area is 200 Å². The molecule has 2 heterocycles. The normalized spacial score (nSPS) is 24.0. The van der Waals surface area contributed by atoms with E-state index in [0.717, 1.165) is 24.6 Å². The highest BCUT2D eigenvalue weighted by Gasteiger charge is 2.49. The predicted molar refractivity (Wildman–Crippen MR) is 130 cm³/mol. The second-order valence-electron chi connectivity index (χ2n) is 10.7. The smallest absolute Gasteiger partial charge is 0.255 e. The Morgan fingerprint density at radius 2 is 1.85 bits per heavy atom. The van der Waals surface area contributed by atoms with Gasteiger partial charge in [0.1, 0.15) is 17.9 Å². The molecular formula is C26H36N4O4. The van der Waals surface area contributed by atoms with Crippen LogP contribution in [0, 0.1) is 11.3 Å². The van der Waals surface area contributed by atoms with Crippen molar-refractivity contribution in [2.45, 2.75) is 71.1 Å². The van der Waals surface area contributed by atoms with Crippen LogP contribution in [-0.4, -0.2) is 60.4 Å². The summed E-state index contributed by atoms with van der Waals surface area (Å²) >= 11 is 0. The SMILES string of the molecule is CN[C@@H](C)C(=O)NC(C(=O)N1CCC2CCC(NC(=O)c3coc4ccccc34)C21)C(C)(C)C. The number of rotatable bonds is 6. The molecule has 1 aromatic carbocycles. The van der Waals surface area contributed by atoms with Gasteiger partial charge in [-0.15, -0.1) is 0 Å². The number of likely N-dealkylation sites (N-methyl/N-ethyl adjacent to an activating group) is 1. The highest BCUT2D eigenvalue weighted by Crippen LogP contribution is 2.39. The zero-order chi connectivity index (χ0) is 24.6. The minimum absolute atomic E-state index is 0.0712. The van der Waals surface area contributed by atoms with Gasteiger partial charge in [-0.1, -0.05) is 39.0 Å². The Balaban J connectivity index is 1.52. The van der Waals surface area contributed by atoms with E-state index >= 15 is 0 Å². The summed E-state index contributed by atoms with van der Waals surface area (Å²) in [7, 11) is 1.72. The molecule has 5 atom stereocenters. The van der Waals surface area contributed by atoms with Crippen LogP contribution in [0.3, 0.4) is 0 Å². The number of furan rings is 1. The van der Waals surface area contributed by atoms with Crippen LogP contribution in [0.15, 0.2) is 34.9 Å². The van der Waals surface area contributed by atoms with Gasteiger partial charge < -0.3 is 25.3 Å². The Kier molecular flexibility index (Phi) is 6.71. The molecule has 1 saturated heterocycles. The zero-order valence-corrected chi connectivity index (χ0v) is 20.7. The van der Waals surface area contributed by atoms with Gasteiger partial charge in [-0.25, -0.2) is 0 Å². The number of hydrogen-bond donors (Lipinski definition) is 3. The van der Waals surface area contributed by atoms with Gasteiger partial charge in [0.05, 0.1) is 17.6 Å². The van der Waals surface area contributed by atoms with E-state index in [9.17, 15) is 14.4 Å². The van der Waals surface area contributed by atoms with Gasteiger partial charge in [0.25, 0.3) is 5.91 Å². The molecule has 8 heteroatoms. The summed E-state index contributed by atoms with van der Waals surface area (Å²) in [6.45, 7) is 8.30. The maximum atomic E-state index is 13.8. The molecule has 1 aromatic heterocycles. The standard InChI is InChI=1S/C26H36N4O4/c1-15(27-5)23(31)29-22(26(2,3)4)25(33)30-13-12-16-10-11-19(21(16)30)28-24(32)18-14-34-20-9-7-6-8-17(18)20/h6-9,14-16,19,21-22,27H,10-13H2,1-5H3,(H,28,32)(H,29,31)/t15-,16?,19?,21?,22?/m0/s1. The van der Waals surface area contributed by atoms with Crippen molar-refractivity contribution in [2.24, 2.45) is 11.3 Å². The van der Waals surface area contributed by atoms with Gasteiger partial charge in [-0.3, -0.25) is 14.4 Å². The monoisotopic (exact) mass is 468 g/mol. The van der Waals surface area contributed by atoms with Crippen LogP contribution in [0.4, 0.5) is 0 Å². The highest BCUT2D eigenvalue weighted by atomic mass is 16.3. The molecule has 1 aliphatic heterocycles. The number of benzene rings is 1. The van der Waals surface area contributed by atoms with E-state index in [-0.39, 0.29) is 29.8 Å². The van der Waals surface area contributed by atoms with Crippen molar-refractivity contribution in [3.63, 3.8) is 0 Å². The van der Waals surface area contributed by atoms with Gasteiger partial charge in [0.15, 0.2) is 0 Å². The van der Waals surface area contributed by atoms with Gasteiger partial charge >= 0.3 is 0 Å². The lowest BCUT2D eigenvalue weighted by Crippen LogP contribution is -2.60. The third-order valence-electron chi connectivity index (χ3n) is 7.40. The third kappa shape index (κ3) is 4.56. The lowest BCUT2D eigenvalue weighted by molar-refractivity contribution is -0.141. The first kappa shape index (κ1) is 24.3. The molecule has 0 bridgehead atoms. The van der Waals surface area contributed by atoms with E-state index in [1.165, 1.54) is 6.26 Å². The van der Waals surface area contributed by atoms with Gasteiger partial charge in [-0.2, -0.15) is 0 Å². The van der Waals surface area contributed by atoms with Gasteiger partial charge in [0, 0.05) is 18.0 Å². The van der Waals surface area contributed by atoms with E-state index in [1.54, 1.807) is 14.0 Å². The quantitative estimate of drug-likeness (QED) is 0.605. The Hall–Kier alpha value is -2.87. The van der Waals surface area contributed by atoms with Crippen molar-refractivity contribution in [2.75, 3.05) is 13.6 Å². The second kappa shape index (κ2) is 9.41. The number of amides is 3. The van der Waals surface area contributed by atoms with E-state index in [2.05, 4.69) is 16.0 Å². The molecule has 1 aliphatic carbocycles. The number of nitrogens with zero attached hydrogens (tertiary/aromatic N) is 1. The molecule has 0 spiro atoms. The summed E-state index contributed by atoms with van der Waals surface area (Å²) in [4.78, 5) is 41.4. The van der Waals surface area contributed by atoms with Crippen LogP contribution >= 0.6 is 0 Å². The topological polar surface area (TPSA) is 104 Å². The van der Waals surface area contributed by atoms with Crippen molar-refractivity contribution >= 4 is 28.7 Å². The summed E-state index contributed by atoms with van der Waals surface area (Å²) in [6.07, 6.45) is 4.20. The number of carbonyl (C=O) groups excluding carboxylic acids is 3. The van der Waals surface area contributed by atoms with Crippen molar-refractivity contribution in [1.82, 2.24) is 20.9 Å². The van der Waals surface area contributed by atoms with Crippen LogP contribution in [0.5, 0.6) is 0 Å². The fourth-order valence-electron chi connectivity index (χ4n) is 5.33. The fraction of sp³-hybridized carbons (Fsp3) is 0.577. The Morgan fingerprint density at radius 1 is 1.12 bits per heavy atom. The summed E-state index contributed by atoms with van der Waals surface area (Å²) in [5, 5.41) is 9.87. The average Bonchev–Trinajstić information content (AvgIpc) is 3.51. The second-order valence-corrected chi connectivity index (χ2v) is 10.7. The molecule has 3 amide bonds. The van der Waals surface area contributed by atoms with Crippen LogP contribution in [-0.2, 0) is 9.59 Å². The Morgan fingerprint density at radius 3 is 2.56 bits per heavy atom. The predicted octanol–water partition coefficient (Wildman–Crippen LogP) is 2.68. The number of carbonyl (C=O) groups is 3. The number of hydrogen-bond acceptors (Lipinski definition) is 5.